The van der Waals surface area contributed by atoms with Gasteiger partial charge in [-0.2, -0.15) is 0 Å². The van der Waals surface area contributed by atoms with Crippen LogP contribution in [0.15, 0.2) is 558 Å². The van der Waals surface area contributed by atoms with E-state index in [9.17, 15) is 0 Å². The normalized spacial score (nSPS) is 11.6. The number of hydrogen-bond acceptors (Lipinski definition) is 0. The second-order valence-corrected chi connectivity index (χ2v) is 37.4. The lowest BCUT2D eigenvalue weighted by atomic mass is 9.99. The molecular formula is C138H92N6. The maximum atomic E-state index is 2.42. The first-order chi connectivity index (χ1) is 71.4. The Morgan fingerprint density at radius 3 is 0.660 bits per heavy atom. The molecule has 23 aromatic carbocycles. The number of para-hydroxylation sites is 8. The smallest absolute Gasteiger partial charge is 0.0547 e. The predicted octanol–water partition coefficient (Wildman–Crippen LogP) is 37.0. The van der Waals surface area contributed by atoms with Gasteiger partial charge >= 0.3 is 0 Å². The fourth-order valence-corrected chi connectivity index (χ4v) is 22.4. The molecule has 144 heavy (non-hydrogen) atoms. The van der Waals surface area contributed by atoms with Crippen molar-refractivity contribution >= 4 is 131 Å². The van der Waals surface area contributed by atoms with Gasteiger partial charge in [-0.1, -0.05) is 388 Å². The highest BCUT2D eigenvalue weighted by Crippen LogP contribution is 2.47. The third-order valence-corrected chi connectivity index (χ3v) is 29.2. The second kappa shape index (κ2) is 35.7. The Balaban J connectivity index is 0.000000108. The monoisotopic (exact) mass is 1830 g/mol. The fourth-order valence-electron chi connectivity index (χ4n) is 22.4. The topological polar surface area (TPSA) is 29.6 Å². The van der Waals surface area contributed by atoms with E-state index >= 15 is 0 Å². The summed E-state index contributed by atoms with van der Waals surface area (Å²) in [6.45, 7) is 0. The molecule has 0 bridgehead atoms. The lowest BCUT2D eigenvalue weighted by Gasteiger charge is -2.14. The molecule has 0 spiro atoms. The van der Waals surface area contributed by atoms with E-state index in [1.807, 2.05) is 0 Å². The van der Waals surface area contributed by atoms with E-state index in [4.69, 9.17) is 0 Å². The molecule has 0 aliphatic heterocycles. The zero-order valence-electron chi connectivity index (χ0n) is 78.8. The molecule has 0 saturated heterocycles. The van der Waals surface area contributed by atoms with Gasteiger partial charge < -0.3 is 27.4 Å². The Hall–Kier alpha value is -19.1. The molecule has 0 aliphatic rings. The molecule has 674 valence electrons. The maximum absolute atomic E-state index is 2.42. The average Bonchev–Trinajstić information content (AvgIpc) is 1.51. The molecule has 6 heteroatoms. The van der Waals surface area contributed by atoms with Gasteiger partial charge in [-0.25, -0.2) is 0 Å². The van der Waals surface area contributed by atoms with Gasteiger partial charge in [0.15, 0.2) is 0 Å². The van der Waals surface area contributed by atoms with E-state index in [0.29, 0.717) is 0 Å². The van der Waals surface area contributed by atoms with Crippen molar-refractivity contribution < 1.29 is 0 Å². The zero-order valence-corrected chi connectivity index (χ0v) is 78.8. The summed E-state index contributed by atoms with van der Waals surface area (Å²) < 4.78 is 14.4. The minimum Gasteiger partial charge on any atom is -0.309 e. The molecule has 0 saturated carbocycles. The van der Waals surface area contributed by atoms with Crippen LogP contribution in [-0.4, -0.2) is 27.4 Å². The molecule has 0 amide bonds. The largest absolute Gasteiger partial charge is 0.309 e. The summed E-state index contributed by atoms with van der Waals surface area (Å²) in [5.74, 6) is 0. The summed E-state index contributed by atoms with van der Waals surface area (Å²) in [4.78, 5) is 0. The van der Waals surface area contributed by atoms with E-state index in [1.54, 1.807) is 0 Å². The summed E-state index contributed by atoms with van der Waals surface area (Å²) >= 11 is 0. The summed E-state index contributed by atoms with van der Waals surface area (Å²) in [7, 11) is 0. The standard InChI is InChI=1S/2C48H32N2.C42H28N2/c1-4-13-33(14-5-1)35-17-12-20-40(29-35)50-45-22-11-10-21-41(45)44-30-36(25-28-46(44)50)38-24-27-43-42-26-23-37(34-15-6-2-7-16-34)31-47(42)49(48(43)32-38)39-18-8-3-9-19-39;1-4-12-33(13-5-1)35-20-25-40(26-21-35)49-45-19-11-10-18-41(45)43-30-36(23-28-46(43)49)37-24-29-47-44(31-37)42-27-22-38(34-14-6-2-7-15-34)32-48(42)50(47)39-16-8-3-9-17-39;1-3-13-29(14-4-1)33-17-7-10-20-38(33)44-40-22-12-9-19-35(40)37-28-31(24-26-42(37)44)30-23-25-41-36(27-30)34-18-8-11-21-39(34)43(41)32-15-5-2-6-16-32/h2*1-32H;1-28H. The third kappa shape index (κ3) is 14.7. The molecule has 0 aliphatic carbocycles. The van der Waals surface area contributed by atoms with Crippen molar-refractivity contribution in [3.05, 3.63) is 558 Å². The molecular weight excluding hydrogens is 1740 g/mol. The molecule has 0 fully saturated rings. The van der Waals surface area contributed by atoms with Crippen molar-refractivity contribution in [3.63, 3.8) is 0 Å². The van der Waals surface area contributed by atoms with Crippen molar-refractivity contribution in [2.75, 3.05) is 0 Å². The lowest BCUT2D eigenvalue weighted by Crippen LogP contribution is -1.97. The van der Waals surface area contributed by atoms with Crippen LogP contribution in [0.1, 0.15) is 0 Å². The highest BCUT2D eigenvalue weighted by molar-refractivity contribution is 6.18. The molecule has 6 heterocycles. The minimum atomic E-state index is 1.16. The Bertz CT molecular complexity index is 9960. The number of aromatic nitrogens is 6. The van der Waals surface area contributed by atoms with Crippen LogP contribution >= 0.6 is 0 Å². The highest BCUT2D eigenvalue weighted by atomic mass is 15.0. The molecule has 29 rings (SSSR count). The van der Waals surface area contributed by atoms with Gasteiger partial charge in [0, 0.05) is 98.6 Å². The van der Waals surface area contributed by atoms with Gasteiger partial charge in [0.2, 0.25) is 0 Å². The van der Waals surface area contributed by atoms with Crippen LogP contribution in [0.5, 0.6) is 0 Å². The van der Waals surface area contributed by atoms with Crippen LogP contribution in [0.3, 0.4) is 0 Å². The van der Waals surface area contributed by atoms with E-state index in [0.717, 1.165) is 22.7 Å². The molecule has 6 nitrogen and oxygen atoms in total. The first-order valence-electron chi connectivity index (χ1n) is 49.5. The first kappa shape index (κ1) is 84.2. The summed E-state index contributed by atoms with van der Waals surface area (Å²) in [5, 5.41) is 15.1. The number of fused-ring (bicyclic) bond motifs is 18. The number of nitrogens with zero attached hydrogens (tertiary/aromatic N) is 6. The lowest BCUT2D eigenvalue weighted by molar-refractivity contribution is 1.18. The first-order valence-corrected chi connectivity index (χ1v) is 49.5. The van der Waals surface area contributed by atoms with Crippen LogP contribution in [0.25, 0.3) is 254 Å². The molecule has 0 unspecified atom stereocenters. The van der Waals surface area contributed by atoms with Gasteiger partial charge in [0.1, 0.15) is 0 Å². The number of benzene rings is 23. The summed E-state index contributed by atoms with van der Waals surface area (Å²) in [6.07, 6.45) is 0. The molecule has 29 aromatic rings. The summed E-state index contributed by atoms with van der Waals surface area (Å²) in [5.41, 5.74) is 41.0. The van der Waals surface area contributed by atoms with E-state index in [-0.39, 0.29) is 0 Å². The van der Waals surface area contributed by atoms with Crippen molar-refractivity contribution in [3.8, 4) is 123 Å². The Kier molecular flexibility index (Phi) is 20.9. The van der Waals surface area contributed by atoms with E-state index < -0.39 is 0 Å². The van der Waals surface area contributed by atoms with Crippen molar-refractivity contribution in [2.24, 2.45) is 0 Å². The van der Waals surface area contributed by atoms with Gasteiger partial charge in [-0.3, -0.25) is 0 Å². The van der Waals surface area contributed by atoms with Crippen LogP contribution in [-0.2, 0) is 0 Å². The van der Waals surface area contributed by atoms with Crippen LogP contribution in [0.4, 0.5) is 0 Å². The Morgan fingerprint density at radius 2 is 0.292 bits per heavy atom. The zero-order chi connectivity index (χ0) is 95.1. The number of hydrogen-bond donors (Lipinski definition) is 0. The summed E-state index contributed by atoms with van der Waals surface area (Å²) in [6, 6.07) is 202. The van der Waals surface area contributed by atoms with Gasteiger partial charge in [-0.05, 0) is 253 Å². The number of rotatable bonds is 14. The van der Waals surface area contributed by atoms with Gasteiger partial charge in [0.25, 0.3) is 0 Å². The van der Waals surface area contributed by atoms with Crippen molar-refractivity contribution in [1.29, 1.82) is 0 Å². The molecule has 6 aromatic heterocycles. The van der Waals surface area contributed by atoms with Crippen LogP contribution < -0.4 is 0 Å². The highest BCUT2D eigenvalue weighted by Gasteiger charge is 2.24. The quantitative estimate of drug-likeness (QED) is 0.104. The van der Waals surface area contributed by atoms with Crippen molar-refractivity contribution in [1.82, 2.24) is 27.4 Å². The van der Waals surface area contributed by atoms with Crippen LogP contribution in [0, 0.1) is 0 Å². The molecule has 0 atom stereocenters. The predicted molar refractivity (Wildman–Crippen MR) is 609 cm³/mol. The Morgan fingerprint density at radius 1 is 0.0903 bits per heavy atom. The van der Waals surface area contributed by atoms with E-state index in [1.165, 1.54) is 231 Å². The maximum Gasteiger partial charge on any atom is 0.0547 e. The van der Waals surface area contributed by atoms with E-state index in [2.05, 4.69) is 586 Å². The second-order valence-electron chi connectivity index (χ2n) is 37.4. The van der Waals surface area contributed by atoms with Crippen LogP contribution in [0.2, 0.25) is 0 Å². The fraction of sp³-hybridized carbons (Fsp3) is 0. The average molecular weight is 1830 g/mol. The SMILES string of the molecule is c1ccc(-c2ccc(-n3c4ccccc4c4cc(-c5ccc6c(c5)c5ccc(-c7ccccc7)cc5n6-c5ccccc5)ccc43)cc2)cc1.c1ccc(-c2cccc(-n3c4ccccc4c4cc(-c5ccc6c7ccc(-c8ccccc8)cc7n(-c7ccccc7)c6c5)ccc43)c2)cc1.c1ccc(-c2ccccc2-n2c3ccccc3c3cc(-c4ccc5c(c4)c4ccccc4n5-c4ccccc4)ccc32)cc1. The Labute approximate surface area is 833 Å². The van der Waals surface area contributed by atoms with Gasteiger partial charge in [-0.15, -0.1) is 0 Å². The molecule has 0 N–H and O–H groups in total. The van der Waals surface area contributed by atoms with Crippen molar-refractivity contribution in [2.45, 2.75) is 0 Å². The minimum absolute atomic E-state index is 1.16. The third-order valence-electron chi connectivity index (χ3n) is 29.2. The van der Waals surface area contributed by atoms with Gasteiger partial charge in [0.05, 0.1) is 71.9 Å². The molecule has 0 radical (unpaired) electrons.